The van der Waals surface area contributed by atoms with Crippen LogP contribution in [0.25, 0.3) is 5.57 Å². The summed E-state index contributed by atoms with van der Waals surface area (Å²) in [6.07, 6.45) is 6.92. The molecule has 0 aliphatic heterocycles. The molecule has 1 fully saturated rings. The van der Waals surface area contributed by atoms with Crippen LogP contribution >= 0.6 is 0 Å². The topological polar surface area (TPSA) is 12.9 Å². The number of pyridine rings is 1. The first kappa shape index (κ1) is 9.14. The van der Waals surface area contributed by atoms with Crippen molar-refractivity contribution in [2.24, 2.45) is 17.3 Å². The van der Waals surface area contributed by atoms with E-state index in [0.717, 1.165) is 11.8 Å². The van der Waals surface area contributed by atoms with Gasteiger partial charge in [-0.3, -0.25) is 4.98 Å². The number of rotatable bonds is 1. The van der Waals surface area contributed by atoms with Gasteiger partial charge in [0.05, 0.1) is 5.69 Å². The van der Waals surface area contributed by atoms with Gasteiger partial charge in [0.25, 0.3) is 0 Å². The molecule has 78 valence electrons. The van der Waals surface area contributed by atoms with Crippen molar-refractivity contribution in [1.29, 1.82) is 0 Å². The summed E-state index contributed by atoms with van der Waals surface area (Å²) in [4.78, 5) is 4.47. The Bertz CT molecular complexity index is 403. The van der Waals surface area contributed by atoms with Gasteiger partial charge in [-0.05, 0) is 47.8 Å². The average Bonchev–Trinajstić information content (AvgIpc) is 2.30. The molecule has 0 radical (unpaired) electrons. The molecule has 0 unspecified atom stereocenters. The summed E-state index contributed by atoms with van der Waals surface area (Å²) in [7, 11) is 0. The molecule has 1 nitrogen and oxygen atoms in total. The van der Waals surface area contributed by atoms with Gasteiger partial charge >= 0.3 is 0 Å². The first-order valence-electron chi connectivity index (χ1n) is 5.81. The molecule has 0 amide bonds. The zero-order chi connectivity index (χ0) is 10.5. The number of allylic oxidation sites excluding steroid dienone is 2. The second kappa shape index (κ2) is 2.94. The van der Waals surface area contributed by atoms with Gasteiger partial charge in [-0.25, -0.2) is 0 Å². The average molecular weight is 199 g/mol. The van der Waals surface area contributed by atoms with Crippen LogP contribution in [0.3, 0.4) is 0 Å². The van der Waals surface area contributed by atoms with Gasteiger partial charge < -0.3 is 0 Å². The van der Waals surface area contributed by atoms with Gasteiger partial charge in [-0.2, -0.15) is 0 Å². The van der Waals surface area contributed by atoms with Crippen molar-refractivity contribution in [2.75, 3.05) is 0 Å². The molecule has 3 aliphatic rings. The lowest BCUT2D eigenvalue weighted by Crippen LogP contribution is -2.47. The molecule has 1 saturated carbocycles. The molecule has 2 atom stereocenters. The van der Waals surface area contributed by atoms with Gasteiger partial charge in [-0.15, -0.1) is 0 Å². The lowest BCUT2D eigenvalue weighted by molar-refractivity contribution is 0.0111. The quantitative estimate of drug-likeness (QED) is 0.674. The highest BCUT2D eigenvalue weighted by Crippen LogP contribution is 2.61. The molecule has 2 bridgehead atoms. The van der Waals surface area contributed by atoms with E-state index in [1.54, 1.807) is 0 Å². The summed E-state index contributed by atoms with van der Waals surface area (Å²) in [5.41, 5.74) is 3.18. The highest BCUT2D eigenvalue weighted by molar-refractivity contribution is 5.68. The first-order chi connectivity index (χ1) is 7.19. The van der Waals surface area contributed by atoms with Gasteiger partial charge in [0.15, 0.2) is 0 Å². The van der Waals surface area contributed by atoms with Crippen LogP contribution in [0.1, 0.15) is 32.4 Å². The van der Waals surface area contributed by atoms with Crippen LogP contribution < -0.4 is 0 Å². The largest absolute Gasteiger partial charge is 0.257 e. The van der Waals surface area contributed by atoms with E-state index in [-0.39, 0.29) is 0 Å². The minimum absolute atomic E-state index is 0.502. The predicted molar refractivity (Wildman–Crippen MR) is 62.2 cm³/mol. The molecule has 0 spiro atoms. The van der Waals surface area contributed by atoms with Crippen LogP contribution in [0, 0.1) is 17.3 Å². The molecule has 0 N–H and O–H groups in total. The van der Waals surface area contributed by atoms with Crippen molar-refractivity contribution < 1.29 is 0 Å². The third-order valence-electron chi connectivity index (χ3n) is 4.43. The lowest BCUT2D eigenvalue weighted by Gasteiger charge is -2.56. The minimum atomic E-state index is 0.502. The Morgan fingerprint density at radius 2 is 2.20 bits per heavy atom. The summed E-state index contributed by atoms with van der Waals surface area (Å²) in [6, 6.07) is 6.21. The number of aromatic nitrogens is 1. The van der Waals surface area contributed by atoms with Crippen molar-refractivity contribution >= 4 is 5.57 Å². The van der Waals surface area contributed by atoms with Gasteiger partial charge in [0.2, 0.25) is 0 Å². The fourth-order valence-electron chi connectivity index (χ4n) is 3.17. The predicted octanol–water partition coefficient (Wildman–Crippen LogP) is 3.53. The molecule has 1 heterocycles. The fourth-order valence-corrected chi connectivity index (χ4v) is 3.17. The van der Waals surface area contributed by atoms with E-state index < -0.39 is 0 Å². The normalized spacial score (nSPS) is 31.7. The van der Waals surface area contributed by atoms with E-state index >= 15 is 0 Å². The van der Waals surface area contributed by atoms with Gasteiger partial charge in [-0.1, -0.05) is 26.0 Å². The van der Waals surface area contributed by atoms with Crippen LogP contribution in [-0.4, -0.2) is 4.98 Å². The molecule has 0 aromatic carbocycles. The van der Waals surface area contributed by atoms with Crippen LogP contribution in [0.15, 0.2) is 30.5 Å². The molecule has 15 heavy (non-hydrogen) atoms. The van der Waals surface area contributed by atoms with Crippen molar-refractivity contribution in [3.8, 4) is 0 Å². The maximum atomic E-state index is 4.47. The Hall–Kier alpha value is -1.11. The van der Waals surface area contributed by atoms with E-state index in [0.29, 0.717) is 5.41 Å². The summed E-state index contributed by atoms with van der Waals surface area (Å²) in [5, 5.41) is 0. The van der Waals surface area contributed by atoms with Crippen LogP contribution in [0.4, 0.5) is 0 Å². The van der Waals surface area contributed by atoms with E-state index in [1.807, 2.05) is 12.3 Å². The van der Waals surface area contributed by atoms with Crippen LogP contribution in [-0.2, 0) is 0 Å². The van der Waals surface area contributed by atoms with E-state index in [2.05, 4.69) is 37.0 Å². The standard InChI is InChI=1S/C14H17N/c1-14(2)10-6-7-11(12(14)9-10)13-5-3-4-8-15-13/h3-5,7-8,10,12H,6,9H2,1-2H3/t10-,12+/m0/s1. The number of hydrogen-bond donors (Lipinski definition) is 0. The second-order valence-electron chi connectivity index (χ2n) is 5.42. The smallest absolute Gasteiger partial charge is 0.0661 e. The van der Waals surface area contributed by atoms with Crippen LogP contribution in [0.5, 0.6) is 0 Å². The van der Waals surface area contributed by atoms with Crippen molar-refractivity contribution in [3.05, 3.63) is 36.2 Å². The number of fused-ring (bicyclic) bond motifs is 1. The first-order valence-corrected chi connectivity index (χ1v) is 5.81. The second-order valence-corrected chi connectivity index (χ2v) is 5.42. The van der Waals surface area contributed by atoms with Gasteiger partial charge in [0, 0.05) is 6.20 Å². The Balaban J connectivity index is 1.99. The molecule has 0 saturated heterocycles. The maximum Gasteiger partial charge on any atom is 0.0661 e. The third-order valence-corrected chi connectivity index (χ3v) is 4.43. The molecule has 1 heteroatoms. The van der Waals surface area contributed by atoms with Crippen molar-refractivity contribution in [1.82, 2.24) is 4.98 Å². The summed E-state index contributed by atoms with van der Waals surface area (Å²) < 4.78 is 0. The maximum absolute atomic E-state index is 4.47. The molecular formula is C14H17N. The van der Waals surface area contributed by atoms with Crippen molar-refractivity contribution in [3.63, 3.8) is 0 Å². The van der Waals surface area contributed by atoms with E-state index in [4.69, 9.17) is 0 Å². The number of hydrogen-bond acceptors (Lipinski definition) is 1. The Morgan fingerprint density at radius 1 is 1.33 bits per heavy atom. The minimum Gasteiger partial charge on any atom is -0.257 e. The van der Waals surface area contributed by atoms with E-state index in [9.17, 15) is 0 Å². The molecule has 3 aliphatic carbocycles. The highest BCUT2D eigenvalue weighted by Gasteiger charge is 2.51. The molecule has 1 aromatic heterocycles. The monoisotopic (exact) mass is 199 g/mol. The Labute approximate surface area is 91.2 Å². The lowest BCUT2D eigenvalue weighted by atomic mass is 9.48. The third kappa shape index (κ3) is 1.19. The molecule has 4 rings (SSSR count). The Morgan fingerprint density at radius 3 is 2.80 bits per heavy atom. The molecular weight excluding hydrogens is 182 g/mol. The number of nitrogens with zero attached hydrogens (tertiary/aromatic N) is 1. The zero-order valence-corrected chi connectivity index (χ0v) is 9.40. The van der Waals surface area contributed by atoms with Crippen LogP contribution in [0.2, 0.25) is 0 Å². The summed E-state index contributed by atoms with van der Waals surface area (Å²) in [5.74, 6) is 1.65. The summed E-state index contributed by atoms with van der Waals surface area (Å²) in [6.45, 7) is 4.81. The molecule has 1 aromatic rings. The SMILES string of the molecule is CC1(C)[C@H]2CC=C(c3ccccn3)[C@H]1C2. The van der Waals surface area contributed by atoms with Crippen molar-refractivity contribution in [2.45, 2.75) is 26.7 Å². The summed E-state index contributed by atoms with van der Waals surface area (Å²) >= 11 is 0. The van der Waals surface area contributed by atoms with E-state index in [1.165, 1.54) is 24.1 Å². The highest BCUT2D eigenvalue weighted by atomic mass is 14.7. The zero-order valence-electron chi connectivity index (χ0n) is 9.40. The fraction of sp³-hybridized carbons (Fsp3) is 0.500. The van der Waals surface area contributed by atoms with Gasteiger partial charge in [0.1, 0.15) is 0 Å². The Kier molecular flexibility index (Phi) is 1.79.